The smallest absolute Gasteiger partial charge is 0.169 e. The Hall–Kier alpha value is 0.177. The second-order valence-corrected chi connectivity index (χ2v) is 4.27. The van der Waals surface area contributed by atoms with Crippen LogP contribution in [0, 0.1) is 0 Å². The molecule has 0 spiro atoms. The topological polar surface area (TPSA) is 20.2 Å². The summed E-state index contributed by atoms with van der Waals surface area (Å²) in [5.41, 5.74) is 0. The van der Waals surface area contributed by atoms with E-state index in [-0.39, 0.29) is 0 Å². The first kappa shape index (κ1) is 7.18. The van der Waals surface area contributed by atoms with Crippen LogP contribution in [0.4, 0.5) is 0 Å². The van der Waals surface area contributed by atoms with Crippen molar-refractivity contribution in [2.75, 3.05) is 0 Å². The third-order valence-corrected chi connectivity index (χ3v) is 2.22. The predicted molar refractivity (Wildman–Crippen MR) is 34.9 cm³/mol. The summed E-state index contributed by atoms with van der Waals surface area (Å²) in [6.07, 6.45) is 2.43. The third kappa shape index (κ3) is 6.18. The van der Waals surface area contributed by atoms with Crippen LogP contribution in [0.25, 0.3) is 0 Å². The highest BCUT2D eigenvalue weighted by atomic mass is 28.3. The van der Waals surface area contributed by atoms with Crippen molar-refractivity contribution in [1.29, 1.82) is 0 Å². The summed E-state index contributed by atoms with van der Waals surface area (Å²) in [6.45, 7) is 4.12. The molecule has 0 saturated heterocycles. The van der Waals surface area contributed by atoms with Gasteiger partial charge in [-0.25, -0.2) is 0 Å². The van der Waals surface area contributed by atoms with E-state index < -0.39 is 9.04 Å². The van der Waals surface area contributed by atoms with Crippen molar-refractivity contribution in [3.63, 3.8) is 0 Å². The SMILES string of the molecule is CCCC[SiH](C)O. The quantitative estimate of drug-likeness (QED) is 0.551. The molecule has 1 nitrogen and oxygen atoms in total. The molecule has 0 saturated carbocycles. The largest absolute Gasteiger partial charge is 0.435 e. The van der Waals surface area contributed by atoms with Crippen LogP contribution in [-0.2, 0) is 0 Å². The summed E-state index contributed by atoms with van der Waals surface area (Å²) in [5.74, 6) is 0. The fourth-order valence-corrected chi connectivity index (χ4v) is 1.50. The fraction of sp³-hybridized carbons (Fsp3) is 1.00. The molecule has 0 amide bonds. The van der Waals surface area contributed by atoms with Gasteiger partial charge in [0.15, 0.2) is 9.04 Å². The van der Waals surface area contributed by atoms with Crippen molar-refractivity contribution in [2.45, 2.75) is 32.4 Å². The van der Waals surface area contributed by atoms with Crippen molar-refractivity contribution in [3.8, 4) is 0 Å². The van der Waals surface area contributed by atoms with Crippen LogP contribution in [0.2, 0.25) is 12.6 Å². The molecule has 1 N–H and O–H groups in total. The van der Waals surface area contributed by atoms with Gasteiger partial charge >= 0.3 is 0 Å². The lowest BCUT2D eigenvalue weighted by atomic mass is 10.4. The summed E-state index contributed by atoms with van der Waals surface area (Å²) in [5, 5.41) is 0. The van der Waals surface area contributed by atoms with Crippen molar-refractivity contribution in [2.24, 2.45) is 0 Å². The lowest BCUT2D eigenvalue weighted by Gasteiger charge is -1.95. The van der Waals surface area contributed by atoms with E-state index in [9.17, 15) is 0 Å². The Bertz CT molecular complexity index is 37.1. The van der Waals surface area contributed by atoms with E-state index in [2.05, 4.69) is 6.92 Å². The molecule has 2 heteroatoms. The molecule has 0 aliphatic rings. The number of hydrogen-bond acceptors (Lipinski definition) is 1. The van der Waals surface area contributed by atoms with Crippen molar-refractivity contribution < 1.29 is 4.80 Å². The summed E-state index contributed by atoms with van der Waals surface area (Å²) in [7, 11) is -1.19. The second kappa shape index (κ2) is 4.34. The Balaban J connectivity index is 2.68. The molecule has 0 aliphatic heterocycles. The molecule has 44 valence electrons. The molecule has 0 rings (SSSR count). The molecule has 0 heterocycles. The van der Waals surface area contributed by atoms with Crippen LogP contribution in [0.5, 0.6) is 0 Å². The van der Waals surface area contributed by atoms with Crippen LogP contribution >= 0.6 is 0 Å². The zero-order valence-corrected chi connectivity index (χ0v) is 6.30. The summed E-state index contributed by atoms with van der Waals surface area (Å²) in [4.78, 5) is 8.82. The Morgan fingerprint density at radius 3 is 2.29 bits per heavy atom. The maximum atomic E-state index is 8.82. The van der Waals surface area contributed by atoms with E-state index >= 15 is 0 Å². The zero-order chi connectivity index (χ0) is 5.70. The molecule has 0 bridgehead atoms. The van der Waals surface area contributed by atoms with E-state index in [4.69, 9.17) is 4.80 Å². The van der Waals surface area contributed by atoms with Crippen molar-refractivity contribution in [1.82, 2.24) is 0 Å². The van der Waals surface area contributed by atoms with Crippen molar-refractivity contribution >= 4 is 9.04 Å². The molecule has 0 aliphatic carbocycles. The van der Waals surface area contributed by atoms with E-state index in [0.29, 0.717) is 0 Å². The lowest BCUT2D eigenvalue weighted by molar-refractivity contribution is 0.571. The lowest BCUT2D eigenvalue weighted by Crippen LogP contribution is -2.02. The molecular weight excluding hydrogens is 104 g/mol. The van der Waals surface area contributed by atoms with Crippen LogP contribution in [0.15, 0.2) is 0 Å². The highest BCUT2D eigenvalue weighted by molar-refractivity contribution is 6.48. The van der Waals surface area contributed by atoms with Gasteiger partial charge in [-0.3, -0.25) is 0 Å². The Morgan fingerprint density at radius 1 is 1.57 bits per heavy atom. The minimum Gasteiger partial charge on any atom is -0.435 e. The first-order chi connectivity index (χ1) is 3.27. The van der Waals surface area contributed by atoms with Gasteiger partial charge in [-0.15, -0.1) is 0 Å². The van der Waals surface area contributed by atoms with Gasteiger partial charge < -0.3 is 4.80 Å². The fourth-order valence-electron chi connectivity index (χ4n) is 0.500. The van der Waals surface area contributed by atoms with Gasteiger partial charge in [-0.2, -0.15) is 0 Å². The average molecular weight is 118 g/mol. The molecule has 0 fully saturated rings. The molecule has 0 aromatic rings. The van der Waals surface area contributed by atoms with Gasteiger partial charge in [0.05, 0.1) is 0 Å². The summed E-state index contributed by atoms with van der Waals surface area (Å²) >= 11 is 0. The van der Waals surface area contributed by atoms with Gasteiger partial charge in [-0.05, 0) is 12.6 Å². The second-order valence-electron chi connectivity index (χ2n) is 1.99. The molecule has 0 aromatic heterocycles. The molecule has 0 radical (unpaired) electrons. The summed E-state index contributed by atoms with van der Waals surface area (Å²) in [6, 6.07) is 1.09. The first-order valence-electron chi connectivity index (χ1n) is 2.95. The van der Waals surface area contributed by atoms with E-state index in [0.717, 1.165) is 6.04 Å². The molecular formula is C5H14OSi. The van der Waals surface area contributed by atoms with Crippen LogP contribution in [0.3, 0.4) is 0 Å². The standard InChI is InChI=1S/C5H14OSi/c1-3-4-5-7(2)6/h6-7H,3-5H2,1-2H3. The van der Waals surface area contributed by atoms with Crippen LogP contribution in [-0.4, -0.2) is 13.8 Å². The maximum Gasteiger partial charge on any atom is 0.169 e. The monoisotopic (exact) mass is 118 g/mol. The Labute approximate surface area is 47.1 Å². The van der Waals surface area contributed by atoms with E-state index in [1.54, 1.807) is 0 Å². The van der Waals surface area contributed by atoms with E-state index in [1.165, 1.54) is 12.8 Å². The molecule has 1 unspecified atom stereocenters. The Morgan fingerprint density at radius 2 is 2.14 bits per heavy atom. The van der Waals surface area contributed by atoms with Gasteiger partial charge in [0, 0.05) is 0 Å². The van der Waals surface area contributed by atoms with Crippen LogP contribution in [0.1, 0.15) is 19.8 Å². The minimum atomic E-state index is -1.19. The van der Waals surface area contributed by atoms with Gasteiger partial charge in [0.1, 0.15) is 0 Å². The average Bonchev–Trinajstić information content (AvgIpc) is 1.61. The highest BCUT2D eigenvalue weighted by Gasteiger charge is 1.93. The van der Waals surface area contributed by atoms with E-state index in [1.807, 2.05) is 6.55 Å². The molecule has 0 aromatic carbocycles. The minimum absolute atomic E-state index is 1.09. The third-order valence-electron chi connectivity index (χ3n) is 0.975. The van der Waals surface area contributed by atoms with Gasteiger partial charge in [-0.1, -0.05) is 19.8 Å². The Kier molecular flexibility index (Phi) is 4.45. The van der Waals surface area contributed by atoms with Crippen LogP contribution < -0.4 is 0 Å². The van der Waals surface area contributed by atoms with Gasteiger partial charge in [0.25, 0.3) is 0 Å². The van der Waals surface area contributed by atoms with Gasteiger partial charge in [0.2, 0.25) is 0 Å². The normalized spacial score (nSPS) is 14.1. The number of rotatable bonds is 3. The number of hydrogen-bond donors (Lipinski definition) is 1. The zero-order valence-electron chi connectivity index (χ0n) is 5.15. The molecule has 1 atom stereocenters. The predicted octanol–water partition coefficient (Wildman–Crippen LogP) is 1.13. The molecule has 7 heavy (non-hydrogen) atoms. The first-order valence-corrected chi connectivity index (χ1v) is 5.44. The maximum absolute atomic E-state index is 8.82. The summed E-state index contributed by atoms with van der Waals surface area (Å²) < 4.78 is 0. The van der Waals surface area contributed by atoms with Crippen molar-refractivity contribution in [3.05, 3.63) is 0 Å². The highest BCUT2D eigenvalue weighted by Crippen LogP contribution is 1.96. The number of unbranched alkanes of at least 4 members (excludes halogenated alkanes) is 1.